The quantitative estimate of drug-likeness (QED) is 0.724. The van der Waals surface area contributed by atoms with Crippen LogP contribution in [0.2, 0.25) is 0 Å². The summed E-state index contributed by atoms with van der Waals surface area (Å²) in [6, 6.07) is 0.872. The Hall–Kier alpha value is -0.190. The van der Waals surface area contributed by atoms with E-state index in [-0.39, 0.29) is 0 Å². The standard InChI is InChI=1S/C11H21N3S/c12-11(15)9-13-5-7-14(8-6-13)10-3-1-2-4-10/h10H,1-9H2,(H2,12,15). The second-order valence-electron chi connectivity index (χ2n) is 4.72. The molecule has 1 aliphatic heterocycles. The predicted octanol–water partition coefficient (Wildman–Crippen LogP) is 0.833. The maximum absolute atomic E-state index is 5.56. The molecule has 0 aromatic carbocycles. The summed E-state index contributed by atoms with van der Waals surface area (Å²) in [6.45, 7) is 5.47. The number of hydrogen-bond donors (Lipinski definition) is 1. The molecular formula is C11H21N3S. The van der Waals surface area contributed by atoms with Crippen LogP contribution in [0.25, 0.3) is 0 Å². The van der Waals surface area contributed by atoms with Gasteiger partial charge in [-0.3, -0.25) is 9.80 Å². The van der Waals surface area contributed by atoms with Crippen LogP contribution in [0.1, 0.15) is 25.7 Å². The summed E-state index contributed by atoms with van der Waals surface area (Å²) in [5, 5.41) is 0. The normalized spacial score (nSPS) is 25.9. The van der Waals surface area contributed by atoms with Crippen LogP contribution in [0, 0.1) is 0 Å². The first-order valence-electron chi connectivity index (χ1n) is 6.00. The summed E-state index contributed by atoms with van der Waals surface area (Å²) in [6.07, 6.45) is 5.68. The van der Waals surface area contributed by atoms with Gasteiger partial charge in [-0.15, -0.1) is 0 Å². The number of nitrogens with two attached hydrogens (primary N) is 1. The highest BCUT2D eigenvalue weighted by atomic mass is 32.1. The van der Waals surface area contributed by atoms with Gasteiger partial charge in [0.25, 0.3) is 0 Å². The molecule has 4 heteroatoms. The van der Waals surface area contributed by atoms with Crippen molar-refractivity contribution in [1.29, 1.82) is 0 Å². The lowest BCUT2D eigenvalue weighted by molar-refractivity contribution is 0.108. The summed E-state index contributed by atoms with van der Waals surface area (Å²) >= 11 is 4.94. The van der Waals surface area contributed by atoms with Crippen molar-refractivity contribution in [2.75, 3.05) is 32.7 Å². The van der Waals surface area contributed by atoms with E-state index < -0.39 is 0 Å². The van der Waals surface area contributed by atoms with Crippen molar-refractivity contribution in [3.8, 4) is 0 Å². The predicted molar refractivity (Wildman–Crippen MR) is 67.1 cm³/mol. The summed E-state index contributed by atoms with van der Waals surface area (Å²) < 4.78 is 0. The molecule has 0 aromatic rings. The van der Waals surface area contributed by atoms with Gasteiger partial charge in [-0.25, -0.2) is 0 Å². The van der Waals surface area contributed by atoms with Gasteiger partial charge >= 0.3 is 0 Å². The van der Waals surface area contributed by atoms with Crippen LogP contribution in [0.4, 0.5) is 0 Å². The molecule has 0 bridgehead atoms. The maximum atomic E-state index is 5.56. The lowest BCUT2D eigenvalue weighted by Gasteiger charge is -2.37. The van der Waals surface area contributed by atoms with E-state index >= 15 is 0 Å². The highest BCUT2D eigenvalue weighted by molar-refractivity contribution is 7.80. The Morgan fingerprint density at radius 1 is 1.13 bits per heavy atom. The van der Waals surface area contributed by atoms with Crippen LogP contribution >= 0.6 is 12.2 Å². The monoisotopic (exact) mass is 227 g/mol. The van der Waals surface area contributed by atoms with Crippen molar-refractivity contribution >= 4 is 17.2 Å². The molecule has 0 radical (unpaired) electrons. The Morgan fingerprint density at radius 2 is 1.73 bits per heavy atom. The lowest BCUT2D eigenvalue weighted by Crippen LogP contribution is -2.51. The molecule has 0 aromatic heterocycles. The van der Waals surface area contributed by atoms with E-state index in [0.717, 1.165) is 25.7 Å². The van der Waals surface area contributed by atoms with Crippen molar-refractivity contribution in [3.05, 3.63) is 0 Å². The molecule has 1 saturated carbocycles. The molecule has 2 N–H and O–H groups in total. The Bertz CT molecular complexity index is 218. The maximum Gasteiger partial charge on any atom is 0.0870 e. The average molecular weight is 227 g/mol. The molecule has 1 heterocycles. The van der Waals surface area contributed by atoms with E-state index in [0.29, 0.717) is 4.99 Å². The van der Waals surface area contributed by atoms with E-state index in [1.807, 2.05) is 0 Å². The molecule has 2 aliphatic rings. The number of hydrogen-bond acceptors (Lipinski definition) is 3. The van der Waals surface area contributed by atoms with Crippen LogP contribution in [0.15, 0.2) is 0 Å². The summed E-state index contributed by atoms with van der Waals surface area (Å²) in [5.74, 6) is 0. The van der Waals surface area contributed by atoms with Crippen LogP contribution < -0.4 is 5.73 Å². The molecule has 2 rings (SSSR count). The van der Waals surface area contributed by atoms with Gasteiger partial charge in [0.2, 0.25) is 0 Å². The zero-order valence-corrected chi connectivity index (χ0v) is 10.1. The zero-order valence-electron chi connectivity index (χ0n) is 9.32. The van der Waals surface area contributed by atoms with Crippen LogP contribution in [-0.4, -0.2) is 53.6 Å². The lowest BCUT2D eigenvalue weighted by atomic mass is 10.2. The molecule has 0 atom stereocenters. The Kier molecular flexibility index (Phi) is 3.94. The fraction of sp³-hybridized carbons (Fsp3) is 0.909. The highest BCUT2D eigenvalue weighted by Crippen LogP contribution is 2.24. The van der Waals surface area contributed by atoms with E-state index in [1.54, 1.807) is 0 Å². The molecule has 2 fully saturated rings. The molecule has 1 aliphatic carbocycles. The minimum Gasteiger partial charge on any atom is -0.392 e. The van der Waals surface area contributed by atoms with Crippen molar-refractivity contribution in [3.63, 3.8) is 0 Å². The summed E-state index contributed by atoms with van der Waals surface area (Å²) in [4.78, 5) is 5.65. The smallest absolute Gasteiger partial charge is 0.0870 e. The van der Waals surface area contributed by atoms with E-state index in [2.05, 4.69) is 9.80 Å². The second-order valence-corrected chi connectivity index (χ2v) is 5.24. The largest absolute Gasteiger partial charge is 0.392 e. The van der Waals surface area contributed by atoms with E-state index in [1.165, 1.54) is 38.8 Å². The van der Waals surface area contributed by atoms with Crippen LogP contribution in [-0.2, 0) is 0 Å². The molecule has 0 unspecified atom stereocenters. The van der Waals surface area contributed by atoms with E-state index in [9.17, 15) is 0 Å². The van der Waals surface area contributed by atoms with Gasteiger partial charge in [-0.05, 0) is 12.8 Å². The first-order valence-corrected chi connectivity index (χ1v) is 6.41. The van der Waals surface area contributed by atoms with Gasteiger partial charge in [0.05, 0.1) is 4.99 Å². The van der Waals surface area contributed by atoms with Gasteiger partial charge in [-0.1, -0.05) is 25.1 Å². The highest BCUT2D eigenvalue weighted by Gasteiger charge is 2.25. The first-order chi connectivity index (χ1) is 7.25. The topological polar surface area (TPSA) is 32.5 Å². The minimum absolute atomic E-state index is 0.629. The number of thiocarbonyl (C=S) groups is 1. The molecular weight excluding hydrogens is 206 g/mol. The Balaban J connectivity index is 1.73. The number of rotatable bonds is 3. The van der Waals surface area contributed by atoms with Crippen LogP contribution in [0.3, 0.4) is 0 Å². The van der Waals surface area contributed by atoms with E-state index in [4.69, 9.17) is 18.0 Å². The molecule has 1 saturated heterocycles. The van der Waals surface area contributed by atoms with Crippen molar-refractivity contribution < 1.29 is 0 Å². The van der Waals surface area contributed by atoms with Gasteiger partial charge in [-0.2, -0.15) is 0 Å². The molecule has 86 valence electrons. The molecule has 3 nitrogen and oxygen atoms in total. The average Bonchev–Trinajstić information content (AvgIpc) is 2.71. The van der Waals surface area contributed by atoms with Gasteiger partial charge < -0.3 is 5.73 Å². The Labute approximate surface area is 97.6 Å². The Morgan fingerprint density at radius 3 is 2.27 bits per heavy atom. The van der Waals surface area contributed by atoms with Crippen molar-refractivity contribution in [2.45, 2.75) is 31.7 Å². The summed E-state index contributed by atoms with van der Waals surface area (Å²) in [7, 11) is 0. The van der Waals surface area contributed by atoms with Gasteiger partial charge in [0.1, 0.15) is 0 Å². The van der Waals surface area contributed by atoms with Crippen LogP contribution in [0.5, 0.6) is 0 Å². The zero-order chi connectivity index (χ0) is 10.7. The SMILES string of the molecule is NC(=S)CN1CCN(C2CCCC2)CC1. The third-order valence-corrected chi connectivity index (χ3v) is 3.76. The fourth-order valence-electron chi connectivity index (χ4n) is 2.78. The third kappa shape index (κ3) is 3.13. The first kappa shape index (κ1) is 11.3. The fourth-order valence-corrected chi connectivity index (χ4v) is 2.96. The van der Waals surface area contributed by atoms with Crippen molar-refractivity contribution in [1.82, 2.24) is 9.80 Å². The molecule has 0 amide bonds. The number of piperazine rings is 1. The molecule has 0 spiro atoms. The number of nitrogens with zero attached hydrogens (tertiary/aromatic N) is 2. The van der Waals surface area contributed by atoms with Crippen molar-refractivity contribution in [2.24, 2.45) is 5.73 Å². The molecule has 15 heavy (non-hydrogen) atoms. The van der Waals surface area contributed by atoms with Gasteiger partial charge in [0, 0.05) is 38.8 Å². The second kappa shape index (κ2) is 5.23. The summed E-state index contributed by atoms with van der Waals surface area (Å²) in [5.41, 5.74) is 5.56. The third-order valence-electron chi connectivity index (χ3n) is 3.63. The minimum atomic E-state index is 0.629. The van der Waals surface area contributed by atoms with Gasteiger partial charge in [0.15, 0.2) is 0 Å².